The van der Waals surface area contributed by atoms with Crippen LogP contribution in [0.5, 0.6) is 0 Å². The monoisotopic (exact) mass is 610 g/mol. The van der Waals surface area contributed by atoms with E-state index in [9.17, 15) is 22.8 Å². The Morgan fingerprint density at radius 2 is 1.65 bits per heavy atom. The summed E-state index contributed by atoms with van der Waals surface area (Å²) in [6, 6.07) is 16.2. The average Bonchev–Trinajstić information content (AvgIpc) is 3.26. The molecule has 232 valence electrons. The number of sulfonamides is 1. The van der Waals surface area contributed by atoms with Crippen molar-refractivity contribution in [1.82, 2.24) is 15.5 Å². The number of allylic oxidation sites excluding steroid dienone is 2. The maximum absolute atomic E-state index is 13.9. The van der Waals surface area contributed by atoms with Crippen LogP contribution in [-0.2, 0) is 41.2 Å². The first-order valence-corrected chi connectivity index (χ1v) is 16.3. The van der Waals surface area contributed by atoms with Crippen LogP contribution in [0.15, 0.2) is 66.4 Å². The molecule has 2 aromatic carbocycles. The van der Waals surface area contributed by atoms with Gasteiger partial charge in [-0.3, -0.25) is 18.7 Å². The molecule has 2 aliphatic rings. The number of anilines is 1. The van der Waals surface area contributed by atoms with Crippen molar-refractivity contribution in [1.29, 1.82) is 0 Å². The molecule has 1 saturated heterocycles. The molecule has 2 amide bonds. The van der Waals surface area contributed by atoms with E-state index in [1.54, 1.807) is 25.7 Å². The summed E-state index contributed by atoms with van der Waals surface area (Å²) in [6.07, 6.45) is 3.82. The fourth-order valence-corrected chi connectivity index (χ4v) is 6.95. The van der Waals surface area contributed by atoms with Crippen molar-refractivity contribution in [3.63, 3.8) is 0 Å². The minimum atomic E-state index is -3.45. The van der Waals surface area contributed by atoms with Crippen molar-refractivity contribution in [2.45, 2.75) is 64.1 Å². The highest BCUT2D eigenvalue weighted by atomic mass is 32.2. The number of ether oxygens (including phenoxy) is 1. The first-order valence-electron chi connectivity index (χ1n) is 14.5. The van der Waals surface area contributed by atoms with Gasteiger partial charge in [0, 0.05) is 30.7 Å². The Bertz CT molecular complexity index is 1480. The molecular formula is C32H42N4O6S. The fraction of sp³-hybridized carbons (Fsp3) is 0.469. The predicted octanol–water partition coefficient (Wildman–Crippen LogP) is 2.89. The molecular weight excluding hydrogens is 568 g/mol. The Hall–Kier alpha value is -3.70. The molecule has 2 aliphatic heterocycles. The van der Waals surface area contributed by atoms with Crippen molar-refractivity contribution in [3.05, 3.63) is 77.5 Å². The van der Waals surface area contributed by atoms with Gasteiger partial charge < -0.3 is 20.3 Å². The summed E-state index contributed by atoms with van der Waals surface area (Å²) in [5.74, 6) is -0.808. The number of rotatable bonds is 11. The zero-order valence-electron chi connectivity index (χ0n) is 25.6. The Balaban J connectivity index is 1.48. The highest BCUT2D eigenvalue weighted by molar-refractivity contribution is 7.92. The average molecular weight is 611 g/mol. The molecule has 0 aromatic heterocycles. The number of benzene rings is 2. The molecule has 1 spiro atoms. The van der Waals surface area contributed by atoms with E-state index in [-0.39, 0.29) is 30.3 Å². The van der Waals surface area contributed by atoms with Gasteiger partial charge in [-0.15, -0.1) is 0 Å². The maximum atomic E-state index is 13.9. The third-order valence-electron chi connectivity index (χ3n) is 8.12. The van der Waals surface area contributed by atoms with Crippen LogP contribution >= 0.6 is 0 Å². The fourth-order valence-electron chi connectivity index (χ4n) is 5.96. The van der Waals surface area contributed by atoms with E-state index in [1.165, 1.54) is 23.6 Å². The van der Waals surface area contributed by atoms with Gasteiger partial charge in [0.1, 0.15) is 11.6 Å². The minimum absolute atomic E-state index is 0.0237. The van der Waals surface area contributed by atoms with Crippen molar-refractivity contribution >= 4 is 33.3 Å². The summed E-state index contributed by atoms with van der Waals surface area (Å²) >= 11 is 0. The maximum Gasteiger partial charge on any atom is 0.247 e. The molecule has 0 radical (unpaired) electrons. The van der Waals surface area contributed by atoms with Gasteiger partial charge in [0.25, 0.3) is 0 Å². The number of nitrogens with one attached hydrogen (secondary N) is 2. The second-order valence-corrected chi connectivity index (χ2v) is 14.0. The van der Waals surface area contributed by atoms with Crippen LogP contribution in [0.1, 0.15) is 51.7 Å². The summed E-state index contributed by atoms with van der Waals surface area (Å²) in [7, 11) is -3.45. The number of amides is 2. The summed E-state index contributed by atoms with van der Waals surface area (Å²) in [6.45, 7) is 7.94. The van der Waals surface area contributed by atoms with E-state index < -0.39 is 27.5 Å². The van der Waals surface area contributed by atoms with Crippen molar-refractivity contribution in [2.24, 2.45) is 0 Å². The predicted molar refractivity (Wildman–Crippen MR) is 166 cm³/mol. The molecule has 0 saturated carbocycles. The number of carbonyl (C=O) groups is 3. The van der Waals surface area contributed by atoms with Crippen molar-refractivity contribution in [3.8, 4) is 0 Å². The molecule has 10 nitrogen and oxygen atoms in total. The van der Waals surface area contributed by atoms with E-state index in [0.29, 0.717) is 43.9 Å². The van der Waals surface area contributed by atoms with Gasteiger partial charge in [-0.2, -0.15) is 0 Å². The lowest BCUT2D eigenvalue weighted by Gasteiger charge is -2.41. The third-order valence-corrected chi connectivity index (χ3v) is 9.25. The molecule has 1 fully saturated rings. The van der Waals surface area contributed by atoms with Crippen molar-refractivity contribution in [2.75, 3.05) is 36.8 Å². The van der Waals surface area contributed by atoms with Gasteiger partial charge in [0.05, 0.1) is 25.2 Å². The smallest absolute Gasteiger partial charge is 0.247 e. The Labute approximate surface area is 254 Å². The molecule has 0 aliphatic carbocycles. The van der Waals surface area contributed by atoms with Gasteiger partial charge in [-0.1, -0.05) is 48.5 Å². The normalized spacial score (nSPS) is 17.4. The van der Waals surface area contributed by atoms with Crippen molar-refractivity contribution < 1.29 is 27.5 Å². The highest BCUT2D eigenvalue weighted by Crippen LogP contribution is 2.47. The van der Waals surface area contributed by atoms with Gasteiger partial charge >= 0.3 is 0 Å². The topological polar surface area (TPSA) is 125 Å². The molecule has 1 atom stereocenters. The molecule has 43 heavy (non-hydrogen) atoms. The lowest BCUT2D eigenvalue weighted by Crippen LogP contribution is -2.60. The second kappa shape index (κ2) is 12.9. The molecule has 4 rings (SSSR count). The number of fused-ring (bicyclic) bond motifs is 2. The number of para-hydroxylation sites is 1. The SMILES string of the molecule is CC(=O)/C=C(/C)NC(C)(C)C(=O)N[C@H](COCc1ccccc1)C(=O)N1CCC2(CC1)CN(S(C)(=O)=O)c1ccccc12. The zero-order valence-corrected chi connectivity index (χ0v) is 26.4. The van der Waals surface area contributed by atoms with Crippen LogP contribution in [0.3, 0.4) is 0 Å². The van der Waals surface area contributed by atoms with E-state index in [0.717, 1.165) is 11.1 Å². The van der Waals surface area contributed by atoms with Crippen LogP contribution in [0.25, 0.3) is 0 Å². The summed E-state index contributed by atoms with van der Waals surface area (Å²) in [5, 5.41) is 5.95. The Morgan fingerprint density at radius 3 is 2.28 bits per heavy atom. The van der Waals surface area contributed by atoms with Gasteiger partial charge in [-0.05, 0) is 63.8 Å². The lowest BCUT2D eigenvalue weighted by molar-refractivity contribution is -0.141. The molecule has 0 unspecified atom stereocenters. The first-order chi connectivity index (χ1) is 20.2. The van der Waals surface area contributed by atoms with Crippen LogP contribution in [-0.4, -0.2) is 75.0 Å². The third kappa shape index (κ3) is 7.64. The van der Waals surface area contributed by atoms with Gasteiger partial charge in [-0.25, -0.2) is 8.42 Å². The Kier molecular flexibility index (Phi) is 9.66. The van der Waals surface area contributed by atoms with E-state index in [2.05, 4.69) is 10.6 Å². The van der Waals surface area contributed by atoms with Crippen LogP contribution in [0, 0.1) is 0 Å². The van der Waals surface area contributed by atoms with Gasteiger partial charge in [0.2, 0.25) is 21.8 Å². The molecule has 0 bridgehead atoms. The number of hydrogen-bond donors (Lipinski definition) is 2. The lowest BCUT2D eigenvalue weighted by atomic mass is 9.74. The summed E-state index contributed by atoms with van der Waals surface area (Å²) in [5.41, 5.74) is 1.69. The number of hydrogen-bond acceptors (Lipinski definition) is 7. The molecule has 2 aromatic rings. The largest absolute Gasteiger partial charge is 0.375 e. The first kappa shape index (κ1) is 32.2. The number of piperidine rings is 1. The van der Waals surface area contributed by atoms with Crippen LogP contribution < -0.4 is 14.9 Å². The molecule has 2 N–H and O–H groups in total. The number of nitrogens with zero attached hydrogens (tertiary/aromatic N) is 2. The number of carbonyl (C=O) groups excluding carboxylic acids is 3. The molecule has 11 heteroatoms. The molecule has 2 heterocycles. The highest BCUT2D eigenvalue weighted by Gasteiger charge is 2.48. The minimum Gasteiger partial charge on any atom is -0.375 e. The second-order valence-electron chi connectivity index (χ2n) is 12.1. The van der Waals surface area contributed by atoms with Crippen LogP contribution in [0.4, 0.5) is 5.69 Å². The zero-order chi connectivity index (χ0) is 31.4. The standard InChI is InChI=1S/C32H42N4O6S/c1-23(19-24(2)37)34-31(3,4)30(39)33-27(21-42-20-25-11-7-6-8-12-25)29(38)35-17-15-32(16-18-35)22-36(43(5,40)41)28-14-10-9-13-26(28)32/h6-14,19,27,34H,15-18,20-22H2,1-5H3,(H,33,39)/b23-19-/t27-/m1/s1. The number of ketones is 1. The van der Waals surface area contributed by atoms with E-state index in [1.807, 2.05) is 54.6 Å². The van der Waals surface area contributed by atoms with Crippen LogP contribution in [0.2, 0.25) is 0 Å². The summed E-state index contributed by atoms with van der Waals surface area (Å²) in [4.78, 5) is 40.5. The quantitative estimate of drug-likeness (QED) is 0.375. The Morgan fingerprint density at radius 1 is 1.02 bits per heavy atom. The van der Waals surface area contributed by atoms with E-state index >= 15 is 0 Å². The van der Waals surface area contributed by atoms with Gasteiger partial charge in [0.15, 0.2) is 5.78 Å². The van der Waals surface area contributed by atoms with E-state index in [4.69, 9.17) is 4.74 Å². The number of likely N-dealkylation sites (tertiary alicyclic amines) is 1. The summed E-state index contributed by atoms with van der Waals surface area (Å²) < 4.78 is 32.5.